The molecule has 0 saturated carbocycles. The number of rotatable bonds is 1. The molecular formula is C12H15N. The molecule has 1 nitrogen and oxygen atoms in total. The Morgan fingerprint density at radius 2 is 2.08 bits per heavy atom. The molecule has 68 valence electrons. The highest BCUT2D eigenvalue weighted by molar-refractivity contribution is 5.59. The molecule has 0 spiro atoms. The van der Waals surface area contributed by atoms with Gasteiger partial charge >= 0.3 is 0 Å². The summed E-state index contributed by atoms with van der Waals surface area (Å²) < 4.78 is 2.08. The lowest BCUT2D eigenvalue weighted by molar-refractivity contribution is 1.20. The number of aromatic nitrogens is 1. The van der Waals surface area contributed by atoms with E-state index in [4.69, 9.17) is 0 Å². The molecule has 0 aliphatic heterocycles. The first-order valence-electron chi connectivity index (χ1n) is 4.59. The second-order valence-corrected chi connectivity index (χ2v) is 2.51. The third-order valence-electron chi connectivity index (χ3n) is 1.76. The lowest BCUT2D eigenvalue weighted by Crippen LogP contribution is -1.76. The molecule has 0 atom stereocenters. The van der Waals surface area contributed by atoms with Gasteiger partial charge in [-0.05, 0) is 23.8 Å². The minimum Gasteiger partial charge on any atom is -0.323 e. The summed E-state index contributed by atoms with van der Waals surface area (Å²) >= 11 is 0. The van der Waals surface area contributed by atoms with Crippen molar-refractivity contribution >= 4 is 11.6 Å². The molecule has 2 rings (SSSR count). The summed E-state index contributed by atoms with van der Waals surface area (Å²) in [5, 5.41) is 0. The molecule has 0 saturated heterocycles. The van der Waals surface area contributed by atoms with Crippen LogP contribution in [0.25, 0.3) is 11.6 Å². The Bertz CT molecular complexity index is 352. The van der Waals surface area contributed by atoms with E-state index < -0.39 is 0 Å². The average Bonchev–Trinajstić information content (AvgIpc) is 2.63. The molecule has 13 heavy (non-hydrogen) atoms. The molecule has 0 aromatic carbocycles. The zero-order valence-electron chi connectivity index (χ0n) is 8.20. The van der Waals surface area contributed by atoms with E-state index in [0.717, 1.165) is 5.56 Å². The van der Waals surface area contributed by atoms with E-state index in [1.54, 1.807) is 0 Å². The topological polar surface area (TPSA) is 4.41 Å². The van der Waals surface area contributed by atoms with Crippen LogP contribution in [0.1, 0.15) is 19.4 Å². The van der Waals surface area contributed by atoms with Gasteiger partial charge in [-0.25, -0.2) is 0 Å². The molecule has 2 aromatic rings. The Hall–Kier alpha value is -1.50. The van der Waals surface area contributed by atoms with Gasteiger partial charge in [0.05, 0.1) is 0 Å². The van der Waals surface area contributed by atoms with Crippen molar-refractivity contribution in [2.24, 2.45) is 0 Å². The number of hydrogen-bond donors (Lipinski definition) is 0. The van der Waals surface area contributed by atoms with E-state index in [1.165, 1.54) is 5.52 Å². The fourth-order valence-corrected chi connectivity index (χ4v) is 1.19. The van der Waals surface area contributed by atoms with Crippen molar-refractivity contribution in [3.8, 4) is 0 Å². The van der Waals surface area contributed by atoms with Crippen molar-refractivity contribution in [2.45, 2.75) is 13.8 Å². The van der Waals surface area contributed by atoms with E-state index in [2.05, 4.69) is 29.3 Å². The molecule has 0 N–H and O–H groups in total. The summed E-state index contributed by atoms with van der Waals surface area (Å²) in [6.45, 7) is 7.71. The minimum atomic E-state index is 1.16. The van der Waals surface area contributed by atoms with E-state index in [9.17, 15) is 0 Å². The van der Waals surface area contributed by atoms with Gasteiger partial charge in [-0.2, -0.15) is 0 Å². The highest BCUT2D eigenvalue weighted by Crippen LogP contribution is 2.09. The zero-order valence-corrected chi connectivity index (χ0v) is 8.20. The minimum absolute atomic E-state index is 1.16. The van der Waals surface area contributed by atoms with Crippen molar-refractivity contribution < 1.29 is 0 Å². The van der Waals surface area contributed by atoms with Crippen LogP contribution in [-0.2, 0) is 0 Å². The Morgan fingerprint density at radius 3 is 2.69 bits per heavy atom. The fraction of sp³-hybridized carbons (Fsp3) is 0.167. The Labute approximate surface area is 79.3 Å². The number of fused-ring (bicyclic) bond motifs is 1. The first-order valence-corrected chi connectivity index (χ1v) is 4.59. The summed E-state index contributed by atoms with van der Waals surface area (Å²) in [6, 6.07) is 8.22. The van der Waals surface area contributed by atoms with Gasteiger partial charge in [0.25, 0.3) is 0 Å². The van der Waals surface area contributed by atoms with Gasteiger partial charge in [-0.1, -0.05) is 32.6 Å². The van der Waals surface area contributed by atoms with Crippen molar-refractivity contribution in [2.75, 3.05) is 0 Å². The molecule has 0 bridgehead atoms. The van der Waals surface area contributed by atoms with Crippen molar-refractivity contribution in [3.05, 3.63) is 48.8 Å². The average molecular weight is 173 g/mol. The maximum Gasteiger partial charge on any atom is 0.0456 e. The molecule has 0 fully saturated rings. The molecule has 0 aliphatic carbocycles. The third kappa shape index (κ3) is 2.00. The lowest BCUT2D eigenvalue weighted by Gasteiger charge is -1.88. The predicted octanol–water partition coefficient (Wildman–Crippen LogP) is 3.61. The molecule has 0 aliphatic rings. The van der Waals surface area contributed by atoms with Crippen LogP contribution in [0.5, 0.6) is 0 Å². The van der Waals surface area contributed by atoms with Crippen LogP contribution in [0.3, 0.4) is 0 Å². The molecular weight excluding hydrogens is 158 g/mol. The van der Waals surface area contributed by atoms with Gasteiger partial charge in [0.15, 0.2) is 0 Å². The summed E-state index contributed by atoms with van der Waals surface area (Å²) in [5.74, 6) is 0. The standard InChI is InChI=1S/C10H9N.C2H6/c1-2-9-7-10-5-3-4-6-11(10)8-9;1-2/h2-8H,1H2;1-2H3. The smallest absolute Gasteiger partial charge is 0.0456 e. The first kappa shape index (κ1) is 9.59. The molecule has 1 heteroatoms. The van der Waals surface area contributed by atoms with E-state index in [0.29, 0.717) is 0 Å². The summed E-state index contributed by atoms with van der Waals surface area (Å²) in [7, 11) is 0. The zero-order chi connectivity index (χ0) is 9.68. The van der Waals surface area contributed by atoms with Gasteiger partial charge in [0.2, 0.25) is 0 Å². The summed E-state index contributed by atoms with van der Waals surface area (Å²) in [6.07, 6.45) is 5.94. The highest BCUT2D eigenvalue weighted by atomic mass is 14.8. The van der Waals surface area contributed by atoms with Crippen LogP contribution in [0.2, 0.25) is 0 Å². The number of pyridine rings is 1. The van der Waals surface area contributed by atoms with Crippen LogP contribution in [0, 0.1) is 0 Å². The maximum atomic E-state index is 3.71. The molecule has 0 unspecified atom stereocenters. The Kier molecular flexibility index (Phi) is 3.32. The summed E-state index contributed by atoms with van der Waals surface area (Å²) in [4.78, 5) is 0. The van der Waals surface area contributed by atoms with Crippen molar-refractivity contribution in [1.82, 2.24) is 4.40 Å². The second kappa shape index (κ2) is 4.51. The fourth-order valence-electron chi connectivity index (χ4n) is 1.19. The van der Waals surface area contributed by atoms with Gasteiger partial charge in [0.1, 0.15) is 0 Å². The molecule has 2 aromatic heterocycles. The van der Waals surface area contributed by atoms with Crippen LogP contribution in [0.4, 0.5) is 0 Å². The van der Waals surface area contributed by atoms with E-state index in [1.807, 2.05) is 38.3 Å². The third-order valence-corrected chi connectivity index (χ3v) is 1.76. The number of nitrogens with zero attached hydrogens (tertiary/aromatic N) is 1. The predicted molar refractivity (Wildman–Crippen MR) is 58.8 cm³/mol. The van der Waals surface area contributed by atoms with Gasteiger partial charge in [-0.15, -0.1) is 0 Å². The van der Waals surface area contributed by atoms with Crippen LogP contribution in [0.15, 0.2) is 43.2 Å². The first-order chi connectivity index (χ1) is 6.40. The van der Waals surface area contributed by atoms with Crippen molar-refractivity contribution in [3.63, 3.8) is 0 Å². The highest BCUT2D eigenvalue weighted by Gasteiger charge is 1.92. The van der Waals surface area contributed by atoms with Crippen LogP contribution < -0.4 is 0 Å². The molecule has 0 amide bonds. The van der Waals surface area contributed by atoms with Gasteiger partial charge < -0.3 is 4.40 Å². The summed E-state index contributed by atoms with van der Waals surface area (Å²) in [5.41, 5.74) is 2.37. The Morgan fingerprint density at radius 1 is 1.31 bits per heavy atom. The lowest BCUT2D eigenvalue weighted by atomic mass is 10.3. The second-order valence-electron chi connectivity index (χ2n) is 2.51. The van der Waals surface area contributed by atoms with Crippen LogP contribution in [-0.4, -0.2) is 4.40 Å². The van der Waals surface area contributed by atoms with Gasteiger partial charge in [0, 0.05) is 17.9 Å². The van der Waals surface area contributed by atoms with Crippen molar-refractivity contribution in [1.29, 1.82) is 0 Å². The quantitative estimate of drug-likeness (QED) is 0.620. The Balaban J connectivity index is 0.000000396. The molecule has 2 heterocycles. The monoisotopic (exact) mass is 173 g/mol. The number of hydrogen-bond acceptors (Lipinski definition) is 0. The molecule has 0 radical (unpaired) electrons. The van der Waals surface area contributed by atoms with E-state index in [-0.39, 0.29) is 0 Å². The van der Waals surface area contributed by atoms with Crippen LogP contribution >= 0.6 is 0 Å². The largest absolute Gasteiger partial charge is 0.323 e. The maximum absolute atomic E-state index is 3.71. The van der Waals surface area contributed by atoms with Gasteiger partial charge in [-0.3, -0.25) is 0 Å². The SMILES string of the molecule is C=Cc1cc2ccccn2c1.CC. The van der Waals surface area contributed by atoms with E-state index >= 15 is 0 Å². The normalized spacial score (nSPS) is 9.08.